The highest BCUT2D eigenvalue weighted by Gasteiger charge is 2.10. The second-order valence-electron chi connectivity index (χ2n) is 5.44. The third kappa shape index (κ3) is 4.26. The fraction of sp³-hybridized carbons (Fsp3) is 0.0526. The Morgan fingerprint density at radius 2 is 1.60 bits per heavy atom. The lowest BCUT2D eigenvalue weighted by molar-refractivity contribution is 0.101. The van der Waals surface area contributed by atoms with E-state index < -0.39 is 0 Å². The van der Waals surface area contributed by atoms with Gasteiger partial charge >= 0.3 is 0 Å². The summed E-state index contributed by atoms with van der Waals surface area (Å²) >= 11 is 0. The van der Waals surface area contributed by atoms with Crippen molar-refractivity contribution in [3.8, 4) is 0 Å². The molecule has 0 aliphatic rings. The second kappa shape index (κ2) is 7.35. The number of amides is 2. The Balaban J connectivity index is 1.72. The van der Waals surface area contributed by atoms with E-state index in [0.717, 1.165) is 5.56 Å². The number of rotatable bonds is 4. The van der Waals surface area contributed by atoms with Crippen LogP contribution in [0.3, 0.4) is 0 Å². The standard InChI is InChI=1S/C19H16N4O2/c1-13-5-10-21-17(11-13)23-19(25)15-3-2-4-16(12-15)22-18(24)14-6-8-20-9-7-14/h2-12H,1H3,(H,22,24)(H,21,23,25). The van der Waals surface area contributed by atoms with Crippen LogP contribution in [0.5, 0.6) is 0 Å². The number of carbonyl (C=O) groups is 2. The summed E-state index contributed by atoms with van der Waals surface area (Å²) in [6, 6.07) is 13.6. The molecule has 0 saturated heterocycles. The van der Waals surface area contributed by atoms with Gasteiger partial charge in [-0.1, -0.05) is 6.07 Å². The molecule has 6 heteroatoms. The molecule has 0 bridgehead atoms. The molecule has 0 atom stereocenters. The van der Waals surface area contributed by atoms with Crippen molar-refractivity contribution in [1.29, 1.82) is 0 Å². The lowest BCUT2D eigenvalue weighted by Gasteiger charge is -2.08. The lowest BCUT2D eigenvalue weighted by atomic mass is 10.1. The SMILES string of the molecule is Cc1ccnc(NC(=O)c2cccc(NC(=O)c3ccncc3)c2)c1. The largest absolute Gasteiger partial charge is 0.322 e. The molecule has 0 saturated carbocycles. The number of pyridine rings is 2. The summed E-state index contributed by atoms with van der Waals surface area (Å²) < 4.78 is 0. The van der Waals surface area contributed by atoms with E-state index in [4.69, 9.17) is 0 Å². The maximum atomic E-state index is 12.4. The molecule has 124 valence electrons. The van der Waals surface area contributed by atoms with Crippen molar-refractivity contribution >= 4 is 23.3 Å². The number of aryl methyl sites for hydroxylation is 1. The third-order valence-electron chi connectivity index (χ3n) is 3.48. The Kier molecular flexibility index (Phi) is 4.80. The monoisotopic (exact) mass is 332 g/mol. The van der Waals surface area contributed by atoms with Gasteiger partial charge in [0.2, 0.25) is 0 Å². The zero-order valence-corrected chi connectivity index (χ0v) is 13.6. The first-order valence-electron chi connectivity index (χ1n) is 7.67. The van der Waals surface area contributed by atoms with E-state index in [2.05, 4.69) is 20.6 Å². The van der Waals surface area contributed by atoms with E-state index in [9.17, 15) is 9.59 Å². The van der Waals surface area contributed by atoms with Gasteiger partial charge in [0.1, 0.15) is 5.82 Å². The van der Waals surface area contributed by atoms with Gasteiger partial charge in [0, 0.05) is 35.4 Å². The maximum Gasteiger partial charge on any atom is 0.256 e. The number of nitrogens with one attached hydrogen (secondary N) is 2. The van der Waals surface area contributed by atoms with Gasteiger partial charge in [0.05, 0.1) is 0 Å². The number of nitrogens with zero attached hydrogens (tertiary/aromatic N) is 2. The van der Waals surface area contributed by atoms with Gasteiger partial charge in [0.15, 0.2) is 0 Å². The van der Waals surface area contributed by atoms with Gasteiger partial charge in [-0.2, -0.15) is 0 Å². The van der Waals surface area contributed by atoms with Crippen LogP contribution in [0.2, 0.25) is 0 Å². The van der Waals surface area contributed by atoms with Crippen molar-refractivity contribution in [1.82, 2.24) is 9.97 Å². The van der Waals surface area contributed by atoms with Crippen molar-refractivity contribution in [2.75, 3.05) is 10.6 Å². The van der Waals surface area contributed by atoms with Gasteiger partial charge in [-0.25, -0.2) is 4.98 Å². The first-order valence-corrected chi connectivity index (χ1v) is 7.67. The number of hydrogen-bond acceptors (Lipinski definition) is 4. The van der Waals surface area contributed by atoms with Crippen molar-refractivity contribution in [3.63, 3.8) is 0 Å². The van der Waals surface area contributed by atoms with Crippen LogP contribution in [-0.2, 0) is 0 Å². The summed E-state index contributed by atoms with van der Waals surface area (Å²) in [6.45, 7) is 1.92. The molecular weight excluding hydrogens is 316 g/mol. The Morgan fingerprint density at radius 1 is 0.840 bits per heavy atom. The molecule has 0 aliphatic heterocycles. The van der Waals surface area contributed by atoms with Crippen LogP contribution < -0.4 is 10.6 Å². The van der Waals surface area contributed by atoms with E-state index >= 15 is 0 Å². The molecule has 2 aromatic heterocycles. The fourth-order valence-corrected chi connectivity index (χ4v) is 2.24. The Bertz CT molecular complexity index is 910. The number of hydrogen-bond donors (Lipinski definition) is 2. The van der Waals surface area contributed by atoms with Crippen molar-refractivity contribution in [2.45, 2.75) is 6.92 Å². The molecule has 0 fully saturated rings. The molecule has 0 aliphatic carbocycles. The molecule has 2 heterocycles. The van der Waals surface area contributed by atoms with Crippen molar-refractivity contribution < 1.29 is 9.59 Å². The summed E-state index contributed by atoms with van der Waals surface area (Å²) in [7, 11) is 0. The fourth-order valence-electron chi connectivity index (χ4n) is 2.24. The highest BCUT2D eigenvalue weighted by atomic mass is 16.2. The number of aromatic nitrogens is 2. The van der Waals surface area contributed by atoms with Gasteiger partial charge < -0.3 is 10.6 Å². The minimum atomic E-state index is -0.293. The van der Waals surface area contributed by atoms with Crippen LogP contribution in [0.25, 0.3) is 0 Å². The van der Waals surface area contributed by atoms with Crippen molar-refractivity contribution in [2.24, 2.45) is 0 Å². The zero-order valence-electron chi connectivity index (χ0n) is 13.6. The number of anilines is 2. The third-order valence-corrected chi connectivity index (χ3v) is 3.48. The van der Waals surface area contributed by atoms with E-state index in [1.807, 2.05) is 13.0 Å². The van der Waals surface area contributed by atoms with Crippen LogP contribution in [0.15, 0.2) is 67.1 Å². The molecule has 25 heavy (non-hydrogen) atoms. The Labute approximate surface area is 145 Å². The van der Waals surface area contributed by atoms with Crippen LogP contribution in [-0.4, -0.2) is 21.8 Å². The van der Waals surface area contributed by atoms with Crippen LogP contribution in [0, 0.1) is 6.92 Å². The minimum absolute atomic E-state index is 0.264. The number of benzene rings is 1. The van der Waals surface area contributed by atoms with Crippen LogP contribution >= 0.6 is 0 Å². The predicted molar refractivity (Wildman–Crippen MR) is 95.6 cm³/mol. The quantitative estimate of drug-likeness (QED) is 0.768. The van der Waals surface area contributed by atoms with E-state index in [0.29, 0.717) is 22.6 Å². The normalized spacial score (nSPS) is 10.1. The molecule has 2 amide bonds. The smallest absolute Gasteiger partial charge is 0.256 e. The van der Waals surface area contributed by atoms with E-state index in [1.165, 1.54) is 0 Å². The number of carbonyl (C=O) groups excluding carboxylic acids is 2. The molecule has 1 aromatic carbocycles. The van der Waals surface area contributed by atoms with Gasteiger partial charge in [-0.15, -0.1) is 0 Å². The van der Waals surface area contributed by atoms with E-state index in [1.54, 1.807) is 61.1 Å². The van der Waals surface area contributed by atoms with Crippen molar-refractivity contribution in [3.05, 3.63) is 83.8 Å². The highest BCUT2D eigenvalue weighted by Crippen LogP contribution is 2.14. The summed E-state index contributed by atoms with van der Waals surface area (Å²) in [4.78, 5) is 32.5. The average molecular weight is 332 g/mol. The topological polar surface area (TPSA) is 84.0 Å². The molecule has 2 N–H and O–H groups in total. The maximum absolute atomic E-state index is 12.4. The van der Waals surface area contributed by atoms with Gasteiger partial charge in [-0.3, -0.25) is 14.6 Å². The predicted octanol–water partition coefficient (Wildman–Crippen LogP) is 3.29. The molecule has 0 spiro atoms. The molecule has 3 rings (SSSR count). The van der Waals surface area contributed by atoms with Crippen LogP contribution in [0.4, 0.5) is 11.5 Å². The molecule has 3 aromatic rings. The summed E-state index contributed by atoms with van der Waals surface area (Å²) in [5.41, 5.74) is 2.46. The average Bonchev–Trinajstić information content (AvgIpc) is 2.62. The summed E-state index contributed by atoms with van der Waals surface area (Å²) in [6.07, 6.45) is 4.73. The van der Waals surface area contributed by atoms with E-state index in [-0.39, 0.29) is 11.8 Å². The lowest BCUT2D eigenvalue weighted by Crippen LogP contribution is -2.15. The Morgan fingerprint density at radius 3 is 2.36 bits per heavy atom. The molecule has 6 nitrogen and oxygen atoms in total. The molecular formula is C19H16N4O2. The van der Waals surface area contributed by atoms with Crippen LogP contribution in [0.1, 0.15) is 26.3 Å². The second-order valence-corrected chi connectivity index (χ2v) is 5.44. The molecule has 0 radical (unpaired) electrons. The minimum Gasteiger partial charge on any atom is -0.322 e. The molecule has 0 unspecified atom stereocenters. The Hall–Kier alpha value is -3.54. The highest BCUT2D eigenvalue weighted by molar-refractivity contribution is 6.07. The summed E-state index contributed by atoms with van der Waals surface area (Å²) in [5, 5.41) is 5.50. The summed E-state index contributed by atoms with van der Waals surface area (Å²) in [5.74, 6) is -0.0744. The zero-order chi connectivity index (χ0) is 17.6. The van der Waals surface area contributed by atoms with Gasteiger partial charge in [0.25, 0.3) is 11.8 Å². The first-order chi connectivity index (χ1) is 12.1. The first kappa shape index (κ1) is 16.3. The van der Waals surface area contributed by atoms with Gasteiger partial charge in [-0.05, 0) is 55.0 Å².